The summed E-state index contributed by atoms with van der Waals surface area (Å²) in [5, 5.41) is 4.22. The van der Waals surface area contributed by atoms with Crippen LogP contribution in [0.1, 0.15) is 5.69 Å². The average molecular weight is 505 g/mol. The number of aromatic nitrogens is 3. The molecule has 0 aliphatic rings. The molecule has 0 spiro atoms. The molecule has 0 saturated carbocycles. The van der Waals surface area contributed by atoms with Crippen LogP contribution >= 0.6 is 27.5 Å². The molecule has 4 rings (SSSR count). The van der Waals surface area contributed by atoms with Gasteiger partial charge in [0.25, 0.3) is 10.0 Å². The molecule has 3 aromatic heterocycles. The van der Waals surface area contributed by atoms with Gasteiger partial charge in [0.15, 0.2) is 0 Å². The van der Waals surface area contributed by atoms with Gasteiger partial charge in [0.1, 0.15) is 10.5 Å². The van der Waals surface area contributed by atoms with E-state index < -0.39 is 10.0 Å². The standard InChI is InChI=1S/C20H15BrClN5O2S/c1-26(30(28,29)19-6-5-16(21)9-18(19)22)25-12-17-11-24-20-7-4-15(13-27(17)20)14-3-2-8-23-10-14/h2-13H,1H3/b25-12+. The molecule has 0 bridgehead atoms. The van der Waals surface area contributed by atoms with Gasteiger partial charge in [0.2, 0.25) is 0 Å². The second-order valence-corrected chi connectivity index (χ2v) is 9.57. The number of pyridine rings is 2. The predicted octanol–water partition coefficient (Wildman–Crippen LogP) is 4.47. The number of rotatable bonds is 5. The van der Waals surface area contributed by atoms with Gasteiger partial charge in [-0.1, -0.05) is 33.6 Å². The molecular weight excluding hydrogens is 490 g/mol. The SMILES string of the molecule is CN(/N=C/c1cnc2ccc(-c3cccnc3)cn12)S(=O)(=O)c1ccc(Br)cc1Cl. The Bertz CT molecular complexity index is 1360. The summed E-state index contributed by atoms with van der Waals surface area (Å²) in [5.74, 6) is 0. The monoisotopic (exact) mass is 503 g/mol. The fourth-order valence-corrected chi connectivity index (χ4v) is 4.80. The molecule has 0 saturated heterocycles. The summed E-state index contributed by atoms with van der Waals surface area (Å²) in [5.41, 5.74) is 3.25. The molecular formula is C20H15BrClN5O2S. The van der Waals surface area contributed by atoms with E-state index in [9.17, 15) is 8.42 Å². The topological polar surface area (TPSA) is 79.9 Å². The van der Waals surface area contributed by atoms with Gasteiger partial charge in [-0.25, -0.2) is 4.98 Å². The van der Waals surface area contributed by atoms with Gasteiger partial charge in [-0.05, 0) is 36.4 Å². The van der Waals surface area contributed by atoms with E-state index in [1.54, 1.807) is 24.7 Å². The minimum Gasteiger partial charge on any atom is -0.298 e. The van der Waals surface area contributed by atoms with E-state index in [2.05, 4.69) is 31.0 Å². The Labute approximate surface area is 186 Å². The second kappa shape index (κ2) is 8.17. The molecule has 0 unspecified atom stereocenters. The fraction of sp³-hybridized carbons (Fsp3) is 0.0500. The van der Waals surface area contributed by atoms with Crippen LogP contribution in [0, 0.1) is 0 Å². The maximum absolute atomic E-state index is 12.8. The van der Waals surface area contributed by atoms with Gasteiger partial charge in [-0.15, -0.1) is 0 Å². The molecule has 0 aliphatic carbocycles. The Morgan fingerprint density at radius 1 is 1.17 bits per heavy atom. The molecule has 7 nitrogen and oxygen atoms in total. The number of nitrogens with zero attached hydrogens (tertiary/aromatic N) is 5. The summed E-state index contributed by atoms with van der Waals surface area (Å²) in [4.78, 5) is 8.45. The number of hydrogen-bond acceptors (Lipinski definition) is 5. The molecule has 0 radical (unpaired) electrons. The molecule has 4 aromatic rings. The van der Waals surface area contributed by atoms with Gasteiger partial charge in [0.05, 0.1) is 23.1 Å². The molecule has 0 atom stereocenters. The number of hydrogen-bond donors (Lipinski definition) is 0. The highest BCUT2D eigenvalue weighted by Gasteiger charge is 2.22. The van der Waals surface area contributed by atoms with Crippen molar-refractivity contribution in [2.45, 2.75) is 4.90 Å². The highest BCUT2D eigenvalue weighted by Crippen LogP contribution is 2.27. The Kier molecular flexibility index (Phi) is 5.59. The summed E-state index contributed by atoms with van der Waals surface area (Å²) < 4.78 is 29.0. The van der Waals surface area contributed by atoms with Crippen LogP contribution in [0.25, 0.3) is 16.8 Å². The van der Waals surface area contributed by atoms with E-state index in [1.807, 2.05) is 34.9 Å². The third-order valence-electron chi connectivity index (χ3n) is 4.40. The molecule has 0 fully saturated rings. The van der Waals surface area contributed by atoms with Gasteiger partial charge in [-0.2, -0.15) is 17.9 Å². The van der Waals surface area contributed by atoms with Gasteiger partial charge < -0.3 is 0 Å². The van der Waals surface area contributed by atoms with Crippen molar-refractivity contribution >= 4 is 49.4 Å². The molecule has 0 aliphatic heterocycles. The summed E-state index contributed by atoms with van der Waals surface area (Å²) >= 11 is 9.37. The number of imidazole rings is 1. The van der Waals surface area contributed by atoms with E-state index in [0.29, 0.717) is 15.8 Å². The van der Waals surface area contributed by atoms with Crippen LogP contribution in [0.5, 0.6) is 0 Å². The smallest absolute Gasteiger partial charge is 0.280 e. The number of benzene rings is 1. The molecule has 3 heterocycles. The molecule has 1 aromatic carbocycles. The normalized spacial score (nSPS) is 12.0. The van der Waals surface area contributed by atoms with E-state index in [4.69, 9.17) is 11.6 Å². The highest BCUT2D eigenvalue weighted by atomic mass is 79.9. The quantitative estimate of drug-likeness (QED) is 0.297. The van der Waals surface area contributed by atoms with E-state index in [1.165, 1.54) is 25.4 Å². The second-order valence-electron chi connectivity index (χ2n) is 6.33. The van der Waals surface area contributed by atoms with Crippen LogP contribution in [-0.4, -0.2) is 40.5 Å². The predicted molar refractivity (Wildman–Crippen MR) is 120 cm³/mol. The number of hydrazone groups is 1. The summed E-state index contributed by atoms with van der Waals surface area (Å²) in [6.07, 6.45) is 8.45. The minimum atomic E-state index is -3.90. The number of halogens is 2. The van der Waals surface area contributed by atoms with Crippen molar-refractivity contribution in [3.8, 4) is 11.1 Å². The molecule has 0 N–H and O–H groups in total. The van der Waals surface area contributed by atoms with Crippen molar-refractivity contribution < 1.29 is 8.42 Å². The first-order chi connectivity index (χ1) is 14.4. The summed E-state index contributed by atoms with van der Waals surface area (Å²) in [6.45, 7) is 0. The van der Waals surface area contributed by atoms with Gasteiger partial charge >= 0.3 is 0 Å². The van der Waals surface area contributed by atoms with Crippen LogP contribution in [0.2, 0.25) is 5.02 Å². The lowest BCUT2D eigenvalue weighted by Crippen LogP contribution is -2.22. The summed E-state index contributed by atoms with van der Waals surface area (Å²) in [7, 11) is -2.54. The molecule has 10 heteroatoms. The summed E-state index contributed by atoms with van der Waals surface area (Å²) in [6, 6.07) is 12.2. The van der Waals surface area contributed by atoms with E-state index >= 15 is 0 Å². The van der Waals surface area contributed by atoms with Crippen LogP contribution in [0.15, 0.2) is 81.7 Å². The molecule has 0 amide bonds. The van der Waals surface area contributed by atoms with Gasteiger partial charge in [0, 0.05) is 41.2 Å². The van der Waals surface area contributed by atoms with Crippen LogP contribution in [0.3, 0.4) is 0 Å². The lowest BCUT2D eigenvalue weighted by molar-refractivity contribution is 0.491. The largest absolute Gasteiger partial charge is 0.298 e. The Morgan fingerprint density at radius 2 is 2.00 bits per heavy atom. The van der Waals surface area contributed by atoms with Crippen molar-refractivity contribution in [2.75, 3.05) is 7.05 Å². The van der Waals surface area contributed by atoms with Crippen molar-refractivity contribution in [1.29, 1.82) is 0 Å². The van der Waals surface area contributed by atoms with Crippen LogP contribution < -0.4 is 0 Å². The van der Waals surface area contributed by atoms with Crippen molar-refractivity contribution in [1.82, 2.24) is 18.8 Å². The Hall–Kier alpha value is -2.75. The maximum atomic E-state index is 12.8. The Morgan fingerprint density at radius 3 is 2.73 bits per heavy atom. The van der Waals surface area contributed by atoms with Crippen molar-refractivity contribution in [2.24, 2.45) is 5.10 Å². The molecule has 152 valence electrons. The Balaban J connectivity index is 1.66. The maximum Gasteiger partial charge on any atom is 0.280 e. The van der Waals surface area contributed by atoms with E-state index in [0.717, 1.165) is 15.5 Å². The van der Waals surface area contributed by atoms with Crippen LogP contribution in [-0.2, 0) is 10.0 Å². The third-order valence-corrected chi connectivity index (χ3v) is 7.02. The zero-order valence-electron chi connectivity index (χ0n) is 15.6. The molecule has 30 heavy (non-hydrogen) atoms. The zero-order chi connectivity index (χ0) is 21.3. The average Bonchev–Trinajstić information content (AvgIpc) is 3.14. The first-order valence-electron chi connectivity index (χ1n) is 8.72. The van der Waals surface area contributed by atoms with Crippen molar-refractivity contribution in [3.63, 3.8) is 0 Å². The first-order valence-corrected chi connectivity index (χ1v) is 11.3. The van der Waals surface area contributed by atoms with E-state index in [-0.39, 0.29) is 9.92 Å². The first kappa shape index (κ1) is 20.5. The lowest BCUT2D eigenvalue weighted by Gasteiger charge is -2.14. The number of sulfonamides is 1. The highest BCUT2D eigenvalue weighted by molar-refractivity contribution is 9.10. The van der Waals surface area contributed by atoms with Gasteiger partial charge in [-0.3, -0.25) is 9.38 Å². The lowest BCUT2D eigenvalue weighted by atomic mass is 10.1. The number of fused-ring (bicyclic) bond motifs is 1. The minimum absolute atomic E-state index is 0.0241. The van der Waals surface area contributed by atoms with Crippen LogP contribution in [0.4, 0.5) is 0 Å². The fourth-order valence-electron chi connectivity index (χ4n) is 2.83. The zero-order valence-corrected chi connectivity index (χ0v) is 18.8. The van der Waals surface area contributed by atoms with Crippen molar-refractivity contribution in [3.05, 3.63) is 82.4 Å². The third kappa shape index (κ3) is 3.96.